The summed E-state index contributed by atoms with van der Waals surface area (Å²) in [6.07, 6.45) is 5.54. The summed E-state index contributed by atoms with van der Waals surface area (Å²) in [7, 11) is 3.60. The van der Waals surface area contributed by atoms with Gasteiger partial charge in [-0.05, 0) is 25.5 Å². The van der Waals surface area contributed by atoms with Gasteiger partial charge in [-0.1, -0.05) is 0 Å². The van der Waals surface area contributed by atoms with Gasteiger partial charge in [0.05, 0.1) is 24.0 Å². The molecule has 0 aromatic carbocycles. The van der Waals surface area contributed by atoms with Crippen molar-refractivity contribution in [2.75, 3.05) is 33.8 Å². The lowest BCUT2D eigenvalue weighted by Gasteiger charge is -2.35. The first-order valence-electron chi connectivity index (χ1n) is 9.16. The highest BCUT2D eigenvalue weighted by Gasteiger charge is 2.39. The molecule has 4 rings (SSSR count). The SMILES string of the molecule is Cc1ccc(-c2nccn2[C@@H]2C[C@H]3CO[C@@H](CC(=O)N(C)C)CN3C2)s1. The van der Waals surface area contributed by atoms with E-state index in [-0.39, 0.29) is 12.0 Å². The Kier molecular flexibility index (Phi) is 4.86. The predicted molar refractivity (Wildman–Crippen MR) is 102 cm³/mol. The molecule has 1 amide bonds. The zero-order valence-corrected chi connectivity index (χ0v) is 16.4. The molecule has 0 aliphatic carbocycles. The Morgan fingerprint density at radius 2 is 2.19 bits per heavy atom. The smallest absolute Gasteiger partial charge is 0.224 e. The number of rotatable bonds is 4. The zero-order valence-electron chi connectivity index (χ0n) is 15.6. The summed E-state index contributed by atoms with van der Waals surface area (Å²) >= 11 is 1.79. The average Bonchev–Trinajstić information content (AvgIpc) is 3.31. The van der Waals surface area contributed by atoms with Crippen molar-refractivity contribution in [2.45, 2.75) is 38.0 Å². The van der Waals surface area contributed by atoms with Crippen molar-refractivity contribution in [1.82, 2.24) is 19.4 Å². The van der Waals surface area contributed by atoms with Gasteiger partial charge in [-0.15, -0.1) is 11.3 Å². The monoisotopic (exact) mass is 374 g/mol. The fraction of sp³-hybridized carbons (Fsp3) is 0.579. The number of carbonyl (C=O) groups excluding carboxylic acids is 1. The number of fused-ring (bicyclic) bond motifs is 1. The number of hydrogen-bond donors (Lipinski definition) is 0. The molecule has 2 saturated heterocycles. The maximum atomic E-state index is 12.0. The van der Waals surface area contributed by atoms with Crippen molar-refractivity contribution in [1.29, 1.82) is 0 Å². The highest BCUT2D eigenvalue weighted by atomic mass is 32.1. The molecule has 6 nitrogen and oxygen atoms in total. The first-order valence-corrected chi connectivity index (χ1v) is 9.98. The third kappa shape index (κ3) is 3.43. The minimum atomic E-state index is 0.00195. The number of carbonyl (C=O) groups is 1. The largest absolute Gasteiger partial charge is 0.375 e. The molecule has 0 bridgehead atoms. The second kappa shape index (κ2) is 7.13. The Hall–Kier alpha value is -1.70. The van der Waals surface area contributed by atoms with E-state index < -0.39 is 0 Å². The van der Waals surface area contributed by atoms with E-state index in [9.17, 15) is 4.79 Å². The van der Waals surface area contributed by atoms with Gasteiger partial charge in [-0.25, -0.2) is 4.98 Å². The average molecular weight is 375 g/mol. The van der Waals surface area contributed by atoms with Gasteiger partial charge in [0.25, 0.3) is 0 Å². The summed E-state index contributed by atoms with van der Waals surface area (Å²) in [5.74, 6) is 1.20. The standard InChI is InChI=1S/C19H26N4O2S/c1-13-4-5-17(26-13)19-20-6-7-23(19)14-8-15-12-25-16(11-22(15)10-14)9-18(24)21(2)3/h4-7,14-16H,8-12H2,1-3H3/t14-,15+,16+/m1/s1. The third-order valence-corrected chi connectivity index (χ3v) is 6.39. The number of morpholine rings is 1. The highest BCUT2D eigenvalue weighted by molar-refractivity contribution is 7.15. The number of hydrogen-bond acceptors (Lipinski definition) is 5. The van der Waals surface area contributed by atoms with Crippen LogP contribution in [0.25, 0.3) is 10.7 Å². The molecule has 2 aromatic heterocycles. The van der Waals surface area contributed by atoms with Gasteiger partial charge >= 0.3 is 0 Å². The molecule has 0 radical (unpaired) electrons. The molecule has 7 heteroatoms. The second-order valence-corrected chi connectivity index (χ2v) is 8.80. The van der Waals surface area contributed by atoms with Gasteiger partial charge in [0.2, 0.25) is 5.91 Å². The summed E-state index contributed by atoms with van der Waals surface area (Å²) in [6, 6.07) is 5.16. The molecule has 2 fully saturated rings. The quantitative estimate of drug-likeness (QED) is 0.825. The van der Waals surface area contributed by atoms with Crippen LogP contribution >= 0.6 is 11.3 Å². The molecule has 4 heterocycles. The lowest BCUT2D eigenvalue weighted by Crippen LogP contribution is -2.47. The molecular weight excluding hydrogens is 348 g/mol. The minimum absolute atomic E-state index is 0.00195. The van der Waals surface area contributed by atoms with E-state index in [1.807, 2.05) is 6.20 Å². The maximum absolute atomic E-state index is 12.0. The van der Waals surface area contributed by atoms with Gasteiger partial charge in [0.1, 0.15) is 5.82 Å². The first-order chi connectivity index (χ1) is 12.5. The molecule has 0 saturated carbocycles. The third-order valence-electron chi connectivity index (χ3n) is 5.39. The molecule has 2 aromatic rings. The van der Waals surface area contributed by atoms with E-state index in [1.54, 1.807) is 30.3 Å². The van der Waals surface area contributed by atoms with Crippen LogP contribution in [0.15, 0.2) is 24.5 Å². The second-order valence-electron chi connectivity index (χ2n) is 7.51. The van der Waals surface area contributed by atoms with Crippen LogP contribution in [0.3, 0.4) is 0 Å². The summed E-state index contributed by atoms with van der Waals surface area (Å²) in [5, 5.41) is 0. The van der Waals surface area contributed by atoms with E-state index in [0.29, 0.717) is 25.1 Å². The number of aromatic nitrogens is 2. The molecule has 0 spiro atoms. The minimum Gasteiger partial charge on any atom is -0.375 e. The van der Waals surface area contributed by atoms with Crippen LogP contribution in [0.1, 0.15) is 23.8 Å². The molecule has 0 unspecified atom stereocenters. The van der Waals surface area contributed by atoms with Crippen LogP contribution in [0.4, 0.5) is 0 Å². The number of imidazole rings is 1. The Bertz CT molecular complexity index is 784. The van der Waals surface area contributed by atoms with Crippen LogP contribution in [0.2, 0.25) is 0 Å². The van der Waals surface area contributed by atoms with Crippen molar-refractivity contribution < 1.29 is 9.53 Å². The fourth-order valence-corrected chi connectivity index (χ4v) is 4.84. The van der Waals surface area contributed by atoms with E-state index in [2.05, 4.69) is 39.7 Å². The zero-order chi connectivity index (χ0) is 18.3. The molecule has 3 atom stereocenters. The van der Waals surface area contributed by atoms with Gasteiger partial charge in [-0.2, -0.15) is 0 Å². The van der Waals surface area contributed by atoms with E-state index in [1.165, 1.54) is 9.75 Å². The topological polar surface area (TPSA) is 50.6 Å². The Balaban J connectivity index is 1.45. The normalized spacial score (nSPS) is 26.0. The van der Waals surface area contributed by atoms with Crippen LogP contribution < -0.4 is 0 Å². The molecule has 26 heavy (non-hydrogen) atoms. The molecule has 140 valence electrons. The molecule has 2 aliphatic rings. The van der Waals surface area contributed by atoms with Crippen molar-refractivity contribution in [3.63, 3.8) is 0 Å². The maximum Gasteiger partial charge on any atom is 0.224 e. The van der Waals surface area contributed by atoms with Crippen LogP contribution in [0, 0.1) is 6.92 Å². The van der Waals surface area contributed by atoms with Crippen molar-refractivity contribution in [2.24, 2.45) is 0 Å². The highest BCUT2D eigenvalue weighted by Crippen LogP contribution is 2.35. The Morgan fingerprint density at radius 3 is 2.92 bits per heavy atom. The fourth-order valence-electron chi connectivity index (χ4n) is 3.97. The Morgan fingerprint density at radius 1 is 1.35 bits per heavy atom. The lowest BCUT2D eigenvalue weighted by molar-refractivity contribution is -0.134. The summed E-state index contributed by atoms with van der Waals surface area (Å²) in [5.41, 5.74) is 0. The van der Waals surface area contributed by atoms with Gasteiger partial charge < -0.3 is 14.2 Å². The Labute approximate surface area is 158 Å². The van der Waals surface area contributed by atoms with Crippen LogP contribution in [-0.4, -0.2) is 71.2 Å². The van der Waals surface area contributed by atoms with Crippen molar-refractivity contribution in [3.05, 3.63) is 29.4 Å². The van der Waals surface area contributed by atoms with E-state index in [0.717, 1.165) is 25.3 Å². The molecule has 2 aliphatic heterocycles. The van der Waals surface area contributed by atoms with Crippen LogP contribution in [0.5, 0.6) is 0 Å². The molecule has 0 N–H and O–H groups in total. The van der Waals surface area contributed by atoms with E-state index >= 15 is 0 Å². The number of thiophene rings is 1. The first kappa shape index (κ1) is 17.7. The predicted octanol–water partition coefficient (Wildman–Crippen LogP) is 2.41. The summed E-state index contributed by atoms with van der Waals surface area (Å²) in [4.78, 5) is 23.2. The van der Waals surface area contributed by atoms with E-state index in [4.69, 9.17) is 4.74 Å². The number of aryl methyl sites for hydroxylation is 1. The number of amides is 1. The summed E-state index contributed by atoms with van der Waals surface area (Å²) in [6.45, 7) is 4.67. The van der Waals surface area contributed by atoms with Gasteiger partial charge in [0.15, 0.2) is 0 Å². The number of ether oxygens (including phenoxy) is 1. The van der Waals surface area contributed by atoms with Crippen molar-refractivity contribution >= 4 is 17.2 Å². The lowest BCUT2D eigenvalue weighted by atomic mass is 10.1. The van der Waals surface area contributed by atoms with Gasteiger partial charge in [0, 0.05) is 56.5 Å². The van der Waals surface area contributed by atoms with Crippen LogP contribution in [-0.2, 0) is 9.53 Å². The number of nitrogens with zero attached hydrogens (tertiary/aromatic N) is 4. The summed E-state index contributed by atoms with van der Waals surface area (Å²) < 4.78 is 8.31. The van der Waals surface area contributed by atoms with Gasteiger partial charge in [-0.3, -0.25) is 9.69 Å². The molecular formula is C19H26N4O2S. The van der Waals surface area contributed by atoms with Crippen molar-refractivity contribution in [3.8, 4) is 10.7 Å².